The molecule has 2 aromatic carbocycles. The predicted octanol–water partition coefficient (Wildman–Crippen LogP) is 4.86. The summed E-state index contributed by atoms with van der Waals surface area (Å²) in [5.41, 5.74) is 2.01. The minimum atomic E-state index is -0.111. The third kappa shape index (κ3) is 4.99. The molecule has 0 radical (unpaired) electrons. The number of allylic oxidation sites excluding steroid dienone is 1. The van der Waals surface area contributed by atoms with Crippen LogP contribution in [0.25, 0.3) is 0 Å². The fraction of sp³-hybridized carbons (Fsp3) is 0.292. The Labute approximate surface area is 186 Å². The molecule has 7 heteroatoms. The first-order chi connectivity index (χ1) is 15.2. The number of carbonyl (C=O) groups excluding carboxylic acids is 1. The van der Waals surface area contributed by atoms with E-state index in [0.717, 1.165) is 17.4 Å². The summed E-state index contributed by atoms with van der Waals surface area (Å²) in [4.78, 5) is 12.5. The Balaban J connectivity index is 1.41. The third-order valence-corrected chi connectivity index (χ3v) is 6.17. The van der Waals surface area contributed by atoms with Gasteiger partial charge in [-0.3, -0.25) is 4.79 Å². The maximum Gasteiger partial charge on any atom is 0.234 e. The van der Waals surface area contributed by atoms with Gasteiger partial charge in [0.2, 0.25) is 5.91 Å². The van der Waals surface area contributed by atoms with Crippen molar-refractivity contribution in [1.82, 2.24) is 14.8 Å². The summed E-state index contributed by atoms with van der Waals surface area (Å²) in [5, 5.41) is 12.5. The van der Waals surface area contributed by atoms with Gasteiger partial charge >= 0.3 is 0 Å². The highest BCUT2D eigenvalue weighted by Crippen LogP contribution is 2.54. The maximum absolute atomic E-state index is 12.5. The molecule has 31 heavy (non-hydrogen) atoms. The molecule has 0 aliphatic heterocycles. The summed E-state index contributed by atoms with van der Waals surface area (Å²) < 4.78 is 7.65. The Morgan fingerprint density at radius 1 is 1.19 bits per heavy atom. The lowest BCUT2D eigenvalue weighted by Crippen LogP contribution is -2.15. The van der Waals surface area contributed by atoms with E-state index in [9.17, 15) is 4.79 Å². The number of nitrogens with one attached hydrogen (secondary N) is 1. The van der Waals surface area contributed by atoms with Gasteiger partial charge < -0.3 is 14.6 Å². The second-order valence-corrected chi connectivity index (χ2v) is 8.31. The van der Waals surface area contributed by atoms with Crippen LogP contribution in [0.4, 0.5) is 5.69 Å². The molecule has 0 spiro atoms. The number of para-hydroxylation sites is 2. The van der Waals surface area contributed by atoms with Gasteiger partial charge in [-0.05, 0) is 37.0 Å². The quantitative estimate of drug-likeness (QED) is 0.364. The fourth-order valence-electron chi connectivity index (χ4n) is 3.70. The van der Waals surface area contributed by atoms with Crippen molar-refractivity contribution in [3.63, 3.8) is 0 Å². The minimum Gasteiger partial charge on any atom is -0.492 e. The lowest BCUT2D eigenvalue weighted by molar-refractivity contribution is -0.113. The molecule has 160 valence electrons. The van der Waals surface area contributed by atoms with Crippen molar-refractivity contribution in [2.45, 2.75) is 36.9 Å². The van der Waals surface area contributed by atoms with Gasteiger partial charge in [-0.15, -0.1) is 16.8 Å². The van der Waals surface area contributed by atoms with Gasteiger partial charge in [-0.2, -0.15) is 0 Å². The largest absolute Gasteiger partial charge is 0.492 e. The highest BCUT2D eigenvalue weighted by Gasteiger charge is 2.43. The normalized spacial score (nSPS) is 17.2. The number of benzene rings is 2. The molecule has 4 rings (SSSR count). The van der Waals surface area contributed by atoms with Crippen molar-refractivity contribution in [1.29, 1.82) is 0 Å². The second kappa shape index (κ2) is 9.83. The topological polar surface area (TPSA) is 69.0 Å². The second-order valence-electron chi connectivity index (χ2n) is 7.37. The lowest BCUT2D eigenvalue weighted by atomic mass is 10.1. The molecule has 1 fully saturated rings. The van der Waals surface area contributed by atoms with E-state index in [2.05, 4.69) is 50.9 Å². The van der Waals surface area contributed by atoms with E-state index in [-0.39, 0.29) is 11.7 Å². The molecular formula is C24H26N4O2S. The van der Waals surface area contributed by atoms with Crippen molar-refractivity contribution >= 4 is 23.4 Å². The van der Waals surface area contributed by atoms with Gasteiger partial charge in [0.25, 0.3) is 0 Å². The molecule has 1 saturated carbocycles. The summed E-state index contributed by atoms with van der Waals surface area (Å²) in [6.45, 7) is 6.96. The number of hydrogen-bond donors (Lipinski definition) is 1. The number of carbonyl (C=O) groups is 1. The summed E-state index contributed by atoms with van der Waals surface area (Å²) in [7, 11) is 0. The summed E-state index contributed by atoms with van der Waals surface area (Å²) in [5.74, 6) is 2.60. The zero-order valence-electron chi connectivity index (χ0n) is 17.5. The molecule has 2 unspecified atom stereocenters. The number of hydrogen-bond acceptors (Lipinski definition) is 5. The molecule has 0 saturated heterocycles. The number of rotatable bonds is 10. The van der Waals surface area contributed by atoms with Crippen LogP contribution in [0.15, 0.2) is 72.4 Å². The Morgan fingerprint density at radius 3 is 2.74 bits per heavy atom. The molecule has 1 heterocycles. The van der Waals surface area contributed by atoms with Gasteiger partial charge in [0.05, 0.1) is 18.0 Å². The van der Waals surface area contributed by atoms with Gasteiger partial charge in [0.15, 0.2) is 5.16 Å². The van der Waals surface area contributed by atoms with Crippen molar-refractivity contribution in [3.8, 4) is 5.75 Å². The molecule has 1 amide bonds. The zero-order chi connectivity index (χ0) is 21.6. The molecule has 0 bridgehead atoms. The van der Waals surface area contributed by atoms with Crippen molar-refractivity contribution < 1.29 is 9.53 Å². The third-order valence-electron chi connectivity index (χ3n) is 5.20. The molecule has 1 aliphatic carbocycles. The first-order valence-corrected chi connectivity index (χ1v) is 11.4. The highest BCUT2D eigenvalue weighted by molar-refractivity contribution is 7.99. The Bertz CT molecular complexity index is 1050. The minimum absolute atomic E-state index is 0.111. The SMILES string of the molecule is C=CCn1c(SCC(=O)Nc2ccccc2OCC)nnc1C1CC1c1ccccc1. The zero-order valence-corrected chi connectivity index (χ0v) is 18.3. The monoisotopic (exact) mass is 434 g/mol. The van der Waals surface area contributed by atoms with E-state index >= 15 is 0 Å². The van der Waals surface area contributed by atoms with Gasteiger partial charge in [0, 0.05) is 12.5 Å². The van der Waals surface area contributed by atoms with Gasteiger partial charge in [0.1, 0.15) is 11.6 Å². The summed E-state index contributed by atoms with van der Waals surface area (Å²) >= 11 is 1.39. The fourth-order valence-corrected chi connectivity index (χ4v) is 4.45. The highest BCUT2D eigenvalue weighted by atomic mass is 32.2. The van der Waals surface area contributed by atoms with Crippen LogP contribution in [0.2, 0.25) is 0 Å². The number of ether oxygens (including phenoxy) is 1. The van der Waals surface area contributed by atoms with Crippen LogP contribution in [0.1, 0.15) is 36.6 Å². The molecule has 2 atom stereocenters. The van der Waals surface area contributed by atoms with Crippen molar-refractivity contribution in [2.24, 2.45) is 0 Å². The van der Waals surface area contributed by atoms with Crippen LogP contribution < -0.4 is 10.1 Å². The number of amides is 1. The molecular weight excluding hydrogens is 408 g/mol. The standard InChI is InChI=1S/C24H26N4O2S/c1-3-14-28-23(19-15-18(19)17-10-6-5-7-11-17)26-27-24(28)31-16-22(29)25-20-12-8-9-13-21(20)30-4-2/h3,5-13,18-19H,1,4,14-16H2,2H3,(H,25,29). The molecule has 6 nitrogen and oxygen atoms in total. The number of anilines is 1. The smallest absolute Gasteiger partial charge is 0.234 e. The van der Waals surface area contributed by atoms with Crippen LogP contribution in [0.5, 0.6) is 5.75 Å². The average molecular weight is 435 g/mol. The van der Waals surface area contributed by atoms with Gasteiger partial charge in [-0.25, -0.2) is 0 Å². The Morgan fingerprint density at radius 2 is 1.97 bits per heavy atom. The van der Waals surface area contributed by atoms with Crippen LogP contribution in [0.3, 0.4) is 0 Å². The first-order valence-electron chi connectivity index (χ1n) is 10.4. The molecule has 3 aromatic rings. The lowest BCUT2D eigenvalue weighted by Gasteiger charge is -2.11. The van der Waals surface area contributed by atoms with E-state index in [4.69, 9.17) is 4.74 Å². The first kappa shape index (κ1) is 21.2. The summed E-state index contributed by atoms with van der Waals surface area (Å²) in [6.07, 6.45) is 2.91. The molecule has 1 aliphatic rings. The van der Waals surface area contributed by atoms with Gasteiger partial charge in [-0.1, -0.05) is 60.3 Å². The maximum atomic E-state index is 12.5. The van der Waals surface area contributed by atoms with E-state index in [1.54, 1.807) is 0 Å². The summed E-state index contributed by atoms with van der Waals surface area (Å²) in [6, 6.07) is 17.9. The van der Waals surface area contributed by atoms with E-state index < -0.39 is 0 Å². The number of nitrogens with zero attached hydrogens (tertiary/aromatic N) is 3. The van der Waals surface area contributed by atoms with Crippen LogP contribution in [-0.4, -0.2) is 33.0 Å². The van der Waals surface area contributed by atoms with Crippen LogP contribution >= 0.6 is 11.8 Å². The molecule has 1 N–H and O–H groups in total. The Kier molecular flexibility index (Phi) is 6.72. The predicted molar refractivity (Wildman–Crippen MR) is 124 cm³/mol. The average Bonchev–Trinajstić information content (AvgIpc) is 3.49. The van der Waals surface area contributed by atoms with Crippen LogP contribution in [0, 0.1) is 0 Å². The number of aromatic nitrogens is 3. The van der Waals surface area contributed by atoms with Crippen molar-refractivity contribution in [3.05, 3.63) is 78.6 Å². The molecule has 1 aromatic heterocycles. The van der Waals surface area contributed by atoms with Crippen molar-refractivity contribution in [2.75, 3.05) is 17.7 Å². The van der Waals surface area contributed by atoms with E-state index in [1.165, 1.54) is 17.3 Å². The van der Waals surface area contributed by atoms with E-state index in [1.807, 2.05) is 43.3 Å². The number of thioether (sulfide) groups is 1. The van der Waals surface area contributed by atoms with E-state index in [0.29, 0.717) is 36.4 Å². The Hall–Kier alpha value is -3.06. The van der Waals surface area contributed by atoms with Crippen LogP contribution in [-0.2, 0) is 11.3 Å².